The van der Waals surface area contributed by atoms with Gasteiger partial charge in [0.05, 0.1) is 5.69 Å². The lowest BCUT2D eigenvalue weighted by Crippen LogP contribution is -2.40. The molecule has 1 aliphatic heterocycles. The fourth-order valence-corrected chi connectivity index (χ4v) is 2.77. The third-order valence-corrected chi connectivity index (χ3v) is 3.65. The first-order valence-corrected chi connectivity index (χ1v) is 6.65. The van der Waals surface area contributed by atoms with Gasteiger partial charge in [-0.25, -0.2) is 0 Å². The van der Waals surface area contributed by atoms with Crippen LogP contribution in [0.25, 0.3) is 0 Å². The molecule has 3 heteroatoms. The second-order valence-electron chi connectivity index (χ2n) is 4.98. The van der Waals surface area contributed by atoms with Crippen molar-refractivity contribution < 1.29 is 9.59 Å². The molecule has 1 unspecified atom stereocenters. The summed E-state index contributed by atoms with van der Waals surface area (Å²) in [5.41, 5.74) is 2.43. The Kier molecular flexibility index (Phi) is 3.11. The van der Waals surface area contributed by atoms with Gasteiger partial charge in [0.1, 0.15) is 6.04 Å². The van der Waals surface area contributed by atoms with Crippen molar-refractivity contribution >= 4 is 17.4 Å². The smallest absolute Gasteiger partial charge is 0.224 e. The molecule has 1 amide bonds. The lowest BCUT2D eigenvalue weighted by molar-refractivity contribution is -0.116. The van der Waals surface area contributed by atoms with E-state index in [1.165, 1.54) is 6.92 Å². The van der Waals surface area contributed by atoms with Crippen molar-refractivity contribution in [2.24, 2.45) is 0 Å². The third kappa shape index (κ3) is 2.01. The second kappa shape index (κ2) is 4.93. The molecule has 3 nitrogen and oxygen atoms in total. The third-order valence-electron chi connectivity index (χ3n) is 3.65. The molecular weight excluding hydrogens is 250 g/mol. The van der Waals surface area contributed by atoms with E-state index in [9.17, 15) is 9.59 Å². The predicted octanol–water partition coefficient (Wildman–Crippen LogP) is 2.85. The van der Waals surface area contributed by atoms with Gasteiger partial charge in [-0.1, -0.05) is 42.5 Å². The number of rotatable bonds is 2. The van der Waals surface area contributed by atoms with Gasteiger partial charge in [0, 0.05) is 18.9 Å². The van der Waals surface area contributed by atoms with Crippen LogP contribution in [-0.2, 0) is 11.2 Å². The van der Waals surface area contributed by atoms with Crippen LogP contribution in [-0.4, -0.2) is 17.7 Å². The highest BCUT2D eigenvalue weighted by Crippen LogP contribution is 2.33. The Bertz CT molecular complexity index is 664. The van der Waals surface area contributed by atoms with Crippen LogP contribution >= 0.6 is 0 Å². The number of Topliss-reactive ketones (excluding diaryl/α,β-unsaturated/α-hetero) is 1. The number of carbonyl (C=O) groups excluding carboxylic acids is 2. The predicted molar refractivity (Wildman–Crippen MR) is 77.9 cm³/mol. The van der Waals surface area contributed by atoms with Crippen LogP contribution in [0, 0.1) is 0 Å². The largest absolute Gasteiger partial charge is 0.301 e. The van der Waals surface area contributed by atoms with E-state index < -0.39 is 6.04 Å². The maximum atomic E-state index is 12.5. The molecule has 100 valence electrons. The molecule has 3 rings (SSSR count). The summed E-state index contributed by atoms with van der Waals surface area (Å²) in [5.74, 6) is -0.0658. The van der Waals surface area contributed by atoms with E-state index in [1.54, 1.807) is 11.0 Å². The van der Waals surface area contributed by atoms with Crippen molar-refractivity contribution in [1.82, 2.24) is 0 Å². The Morgan fingerprint density at radius 3 is 2.40 bits per heavy atom. The van der Waals surface area contributed by atoms with Crippen LogP contribution in [0.4, 0.5) is 5.69 Å². The van der Waals surface area contributed by atoms with Crippen LogP contribution in [0.15, 0.2) is 54.6 Å². The molecule has 20 heavy (non-hydrogen) atoms. The zero-order chi connectivity index (χ0) is 14.1. The van der Waals surface area contributed by atoms with Gasteiger partial charge < -0.3 is 4.90 Å². The Labute approximate surface area is 117 Å². The summed E-state index contributed by atoms with van der Waals surface area (Å²) in [7, 11) is 0. The number of ketones is 1. The topological polar surface area (TPSA) is 37.4 Å². The van der Waals surface area contributed by atoms with Crippen molar-refractivity contribution in [3.8, 4) is 0 Å². The van der Waals surface area contributed by atoms with Crippen LogP contribution in [0.5, 0.6) is 0 Å². The summed E-state index contributed by atoms with van der Waals surface area (Å²) in [4.78, 5) is 26.1. The molecule has 2 aromatic rings. The molecule has 1 aliphatic rings. The molecule has 0 bridgehead atoms. The molecule has 0 spiro atoms. The molecule has 1 atom stereocenters. The van der Waals surface area contributed by atoms with Crippen LogP contribution < -0.4 is 4.90 Å². The van der Waals surface area contributed by atoms with Gasteiger partial charge >= 0.3 is 0 Å². The van der Waals surface area contributed by atoms with E-state index in [4.69, 9.17) is 0 Å². The number of benzene rings is 2. The first-order valence-electron chi connectivity index (χ1n) is 6.65. The van der Waals surface area contributed by atoms with E-state index in [1.807, 2.05) is 48.5 Å². The summed E-state index contributed by atoms with van der Waals surface area (Å²) in [6, 6.07) is 16.7. The fourth-order valence-electron chi connectivity index (χ4n) is 2.77. The molecule has 0 fully saturated rings. The van der Waals surface area contributed by atoms with Gasteiger partial charge in [-0.2, -0.15) is 0 Å². The Hall–Kier alpha value is -2.42. The highest BCUT2D eigenvalue weighted by molar-refractivity contribution is 6.17. The zero-order valence-corrected chi connectivity index (χ0v) is 11.2. The lowest BCUT2D eigenvalue weighted by atomic mass is 10.0. The Morgan fingerprint density at radius 2 is 1.70 bits per heavy atom. The minimum atomic E-state index is -0.424. The van der Waals surface area contributed by atoms with E-state index in [-0.39, 0.29) is 11.7 Å². The van der Waals surface area contributed by atoms with E-state index >= 15 is 0 Å². The van der Waals surface area contributed by atoms with Gasteiger partial charge in [-0.15, -0.1) is 0 Å². The Morgan fingerprint density at radius 1 is 1.05 bits per heavy atom. The molecule has 0 radical (unpaired) electrons. The molecule has 0 aromatic heterocycles. The zero-order valence-electron chi connectivity index (χ0n) is 11.2. The number of hydrogen-bond acceptors (Lipinski definition) is 2. The first-order chi connectivity index (χ1) is 9.68. The van der Waals surface area contributed by atoms with Gasteiger partial charge in [0.25, 0.3) is 0 Å². The number of carbonyl (C=O) groups is 2. The number of hydrogen-bond donors (Lipinski definition) is 0. The van der Waals surface area contributed by atoms with Gasteiger partial charge in [0.15, 0.2) is 5.78 Å². The van der Waals surface area contributed by atoms with Crippen molar-refractivity contribution in [1.29, 1.82) is 0 Å². The van der Waals surface area contributed by atoms with Crippen molar-refractivity contribution in [3.63, 3.8) is 0 Å². The number of amides is 1. The average Bonchev–Trinajstić information content (AvgIpc) is 2.74. The average molecular weight is 265 g/mol. The van der Waals surface area contributed by atoms with E-state index in [0.29, 0.717) is 12.0 Å². The number of fused-ring (bicyclic) bond motifs is 1. The number of para-hydroxylation sites is 1. The van der Waals surface area contributed by atoms with Crippen molar-refractivity contribution in [2.75, 3.05) is 4.90 Å². The van der Waals surface area contributed by atoms with Gasteiger partial charge in [-0.3, -0.25) is 9.59 Å². The fraction of sp³-hybridized carbons (Fsp3) is 0.176. The van der Waals surface area contributed by atoms with Gasteiger partial charge in [-0.05, 0) is 17.7 Å². The highest BCUT2D eigenvalue weighted by Gasteiger charge is 2.38. The molecular formula is C17H15NO2. The second-order valence-corrected chi connectivity index (χ2v) is 4.98. The molecule has 0 N–H and O–H groups in total. The summed E-state index contributed by atoms with van der Waals surface area (Å²) < 4.78 is 0. The van der Waals surface area contributed by atoms with E-state index in [2.05, 4.69) is 0 Å². The minimum Gasteiger partial charge on any atom is -0.301 e. The molecule has 0 saturated heterocycles. The van der Waals surface area contributed by atoms with Crippen LogP contribution in [0.2, 0.25) is 0 Å². The van der Waals surface area contributed by atoms with E-state index in [0.717, 1.165) is 11.3 Å². The molecule has 0 aliphatic carbocycles. The normalized spacial score (nSPS) is 17.1. The number of nitrogens with zero attached hydrogens (tertiary/aromatic N) is 1. The lowest BCUT2D eigenvalue weighted by Gasteiger charge is -2.22. The summed E-state index contributed by atoms with van der Waals surface area (Å²) in [6.07, 6.45) is 0.550. The SMILES string of the molecule is CC(=O)N1c2ccccc2C(=O)C1Cc1ccccc1. The highest BCUT2D eigenvalue weighted by atomic mass is 16.2. The first kappa shape index (κ1) is 12.6. The van der Waals surface area contributed by atoms with Crippen LogP contribution in [0.1, 0.15) is 22.8 Å². The maximum absolute atomic E-state index is 12.5. The number of anilines is 1. The maximum Gasteiger partial charge on any atom is 0.224 e. The molecule has 0 saturated carbocycles. The summed E-state index contributed by atoms with van der Waals surface area (Å²) in [6.45, 7) is 1.51. The Balaban J connectivity index is 1.99. The standard InChI is InChI=1S/C17H15NO2/c1-12(19)18-15-10-6-5-9-14(15)17(20)16(18)11-13-7-3-2-4-8-13/h2-10,16H,11H2,1H3. The minimum absolute atomic E-state index is 0.0275. The molecule has 2 aromatic carbocycles. The summed E-state index contributed by atoms with van der Waals surface area (Å²) in [5, 5.41) is 0. The quantitative estimate of drug-likeness (QED) is 0.837. The monoisotopic (exact) mass is 265 g/mol. The van der Waals surface area contributed by atoms with Crippen LogP contribution in [0.3, 0.4) is 0 Å². The molecule has 1 heterocycles. The van der Waals surface area contributed by atoms with Crippen molar-refractivity contribution in [2.45, 2.75) is 19.4 Å². The summed E-state index contributed by atoms with van der Waals surface area (Å²) >= 11 is 0. The van der Waals surface area contributed by atoms with Gasteiger partial charge in [0.2, 0.25) is 5.91 Å². The van der Waals surface area contributed by atoms with Crippen molar-refractivity contribution in [3.05, 3.63) is 65.7 Å².